The normalized spacial score (nSPS) is 17.8. The van der Waals surface area contributed by atoms with Crippen molar-refractivity contribution in [2.24, 2.45) is 5.92 Å². The third kappa shape index (κ3) is 4.40. The molecule has 0 bridgehead atoms. The minimum atomic E-state index is -1.39. The smallest absolute Gasteiger partial charge is 0.283 e. The van der Waals surface area contributed by atoms with Gasteiger partial charge in [0.15, 0.2) is 0 Å². The van der Waals surface area contributed by atoms with Crippen molar-refractivity contribution in [1.29, 1.82) is 0 Å². The molecule has 0 saturated heterocycles. The van der Waals surface area contributed by atoms with Crippen LogP contribution in [0.15, 0.2) is 0 Å². The van der Waals surface area contributed by atoms with E-state index in [1.54, 1.807) is 0 Å². The summed E-state index contributed by atoms with van der Waals surface area (Å²) in [7, 11) is 0. The Balaban J connectivity index is 4.19. The monoisotopic (exact) mass is 204 g/mol. The standard InChI is InChI=1S/C11H24O3/c1-5-8-10(4)11(12,13-7-3)14-9-6-2/h10,12H,5-9H2,1-4H3. The zero-order valence-electron chi connectivity index (χ0n) is 9.88. The molecule has 14 heavy (non-hydrogen) atoms. The number of aliphatic hydroxyl groups is 1. The minimum absolute atomic E-state index is 0.0130. The molecule has 0 aromatic rings. The predicted octanol–water partition coefficient (Wildman–Crippen LogP) is 2.53. The van der Waals surface area contributed by atoms with Crippen molar-refractivity contribution >= 4 is 0 Å². The summed E-state index contributed by atoms with van der Waals surface area (Å²) >= 11 is 0. The van der Waals surface area contributed by atoms with Crippen LogP contribution in [0.25, 0.3) is 0 Å². The maximum Gasteiger partial charge on any atom is 0.283 e. The van der Waals surface area contributed by atoms with Crippen LogP contribution in [0.4, 0.5) is 0 Å². The Morgan fingerprint density at radius 2 is 1.79 bits per heavy atom. The first-order valence-corrected chi connectivity index (χ1v) is 5.60. The molecule has 3 nitrogen and oxygen atoms in total. The highest BCUT2D eigenvalue weighted by atomic mass is 16.8. The molecular weight excluding hydrogens is 180 g/mol. The molecule has 0 aromatic heterocycles. The van der Waals surface area contributed by atoms with Gasteiger partial charge in [-0.3, -0.25) is 0 Å². The Kier molecular flexibility index (Phi) is 7.15. The molecular formula is C11H24O3. The fourth-order valence-corrected chi connectivity index (χ4v) is 1.40. The lowest BCUT2D eigenvalue weighted by Crippen LogP contribution is -2.42. The van der Waals surface area contributed by atoms with Gasteiger partial charge in [-0.25, -0.2) is 0 Å². The number of rotatable bonds is 8. The summed E-state index contributed by atoms with van der Waals surface area (Å²) in [6.45, 7) is 8.91. The number of hydrogen-bond donors (Lipinski definition) is 1. The lowest BCUT2D eigenvalue weighted by Gasteiger charge is -2.32. The molecule has 0 saturated carbocycles. The Bertz CT molecular complexity index is 138. The van der Waals surface area contributed by atoms with Crippen LogP contribution < -0.4 is 0 Å². The van der Waals surface area contributed by atoms with Crippen molar-refractivity contribution in [3.05, 3.63) is 0 Å². The summed E-state index contributed by atoms with van der Waals surface area (Å²) in [5, 5.41) is 10.1. The van der Waals surface area contributed by atoms with Crippen LogP contribution in [-0.2, 0) is 9.47 Å². The third-order valence-electron chi connectivity index (χ3n) is 2.21. The fraction of sp³-hybridized carbons (Fsp3) is 1.00. The largest absolute Gasteiger partial charge is 0.343 e. The summed E-state index contributed by atoms with van der Waals surface area (Å²) in [6, 6.07) is 0. The highest BCUT2D eigenvalue weighted by molar-refractivity contribution is 4.64. The van der Waals surface area contributed by atoms with Gasteiger partial charge in [-0.2, -0.15) is 0 Å². The van der Waals surface area contributed by atoms with Gasteiger partial charge in [-0.15, -0.1) is 0 Å². The maximum atomic E-state index is 10.1. The summed E-state index contributed by atoms with van der Waals surface area (Å²) in [5.41, 5.74) is 0. The van der Waals surface area contributed by atoms with Crippen molar-refractivity contribution in [3.63, 3.8) is 0 Å². The molecule has 86 valence electrons. The molecule has 3 heteroatoms. The van der Waals surface area contributed by atoms with Gasteiger partial charge in [0, 0.05) is 12.5 Å². The second-order valence-corrected chi connectivity index (χ2v) is 3.60. The Labute approximate surface area is 87.4 Å². The van der Waals surface area contributed by atoms with Crippen LogP contribution in [-0.4, -0.2) is 24.3 Å². The van der Waals surface area contributed by atoms with E-state index in [0.717, 1.165) is 19.3 Å². The van der Waals surface area contributed by atoms with Crippen LogP contribution in [0.1, 0.15) is 47.0 Å². The zero-order chi connectivity index (χ0) is 11.0. The predicted molar refractivity (Wildman–Crippen MR) is 56.9 cm³/mol. The quantitative estimate of drug-likeness (QED) is 0.617. The Morgan fingerprint density at radius 1 is 1.14 bits per heavy atom. The van der Waals surface area contributed by atoms with Crippen molar-refractivity contribution in [3.8, 4) is 0 Å². The highest BCUT2D eigenvalue weighted by Gasteiger charge is 2.35. The molecule has 2 unspecified atom stereocenters. The van der Waals surface area contributed by atoms with E-state index in [1.165, 1.54) is 0 Å². The van der Waals surface area contributed by atoms with E-state index in [4.69, 9.17) is 9.47 Å². The average molecular weight is 204 g/mol. The van der Waals surface area contributed by atoms with Gasteiger partial charge in [-0.05, 0) is 19.8 Å². The van der Waals surface area contributed by atoms with Crippen LogP contribution in [0.3, 0.4) is 0 Å². The summed E-state index contributed by atoms with van der Waals surface area (Å²) < 4.78 is 10.6. The molecule has 0 heterocycles. The molecule has 0 aliphatic rings. The molecule has 0 spiro atoms. The molecule has 0 rings (SSSR count). The van der Waals surface area contributed by atoms with E-state index < -0.39 is 5.97 Å². The van der Waals surface area contributed by atoms with Crippen molar-refractivity contribution in [1.82, 2.24) is 0 Å². The zero-order valence-corrected chi connectivity index (χ0v) is 9.88. The van der Waals surface area contributed by atoms with E-state index in [2.05, 4.69) is 6.92 Å². The van der Waals surface area contributed by atoms with Crippen molar-refractivity contribution in [2.45, 2.75) is 52.9 Å². The molecule has 0 radical (unpaired) electrons. The minimum Gasteiger partial charge on any atom is -0.343 e. The van der Waals surface area contributed by atoms with E-state index in [9.17, 15) is 5.11 Å². The SMILES string of the molecule is CCCOC(O)(OCC)C(C)CCC. The van der Waals surface area contributed by atoms with Crippen molar-refractivity contribution < 1.29 is 14.6 Å². The number of hydrogen-bond acceptors (Lipinski definition) is 3. The van der Waals surface area contributed by atoms with E-state index >= 15 is 0 Å². The molecule has 0 aliphatic carbocycles. The highest BCUT2D eigenvalue weighted by Crippen LogP contribution is 2.25. The maximum absolute atomic E-state index is 10.1. The van der Waals surface area contributed by atoms with Crippen LogP contribution in [0, 0.1) is 5.92 Å². The first-order valence-electron chi connectivity index (χ1n) is 5.60. The lowest BCUT2D eigenvalue weighted by molar-refractivity contribution is -0.383. The number of ether oxygens (including phenoxy) is 2. The Morgan fingerprint density at radius 3 is 2.21 bits per heavy atom. The van der Waals surface area contributed by atoms with Gasteiger partial charge in [0.1, 0.15) is 0 Å². The van der Waals surface area contributed by atoms with E-state index in [-0.39, 0.29) is 5.92 Å². The first kappa shape index (κ1) is 13.9. The second-order valence-electron chi connectivity index (χ2n) is 3.60. The summed E-state index contributed by atoms with van der Waals surface area (Å²) in [5.74, 6) is -1.38. The molecule has 0 fully saturated rings. The third-order valence-corrected chi connectivity index (χ3v) is 2.21. The van der Waals surface area contributed by atoms with Gasteiger partial charge < -0.3 is 14.6 Å². The van der Waals surface area contributed by atoms with Crippen LogP contribution in [0.5, 0.6) is 0 Å². The topological polar surface area (TPSA) is 38.7 Å². The molecule has 0 aromatic carbocycles. The molecule has 2 atom stereocenters. The van der Waals surface area contributed by atoms with E-state index in [1.807, 2.05) is 20.8 Å². The van der Waals surface area contributed by atoms with Gasteiger partial charge in [0.05, 0.1) is 6.61 Å². The van der Waals surface area contributed by atoms with Crippen molar-refractivity contribution in [2.75, 3.05) is 13.2 Å². The van der Waals surface area contributed by atoms with Gasteiger partial charge in [-0.1, -0.05) is 27.2 Å². The lowest BCUT2D eigenvalue weighted by atomic mass is 10.0. The molecule has 0 aliphatic heterocycles. The average Bonchev–Trinajstić information content (AvgIpc) is 2.15. The first-order chi connectivity index (χ1) is 6.60. The van der Waals surface area contributed by atoms with Crippen LogP contribution in [0.2, 0.25) is 0 Å². The van der Waals surface area contributed by atoms with Crippen LogP contribution >= 0.6 is 0 Å². The van der Waals surface area contributed by atoms with Gasteiger partial charge in [0.2, 0.25) is 0 Å². The Hall–Kier alpha value is -0.120. The summed E-state index contributed by atoms with van der Waals surface area (Å²) in [6.07, 6.45) is 2.81. The fourth-order valence-electron chi connectivity index (χ4n) is 1.40. The molecule has 1 N–H and O–H groups in total. The van der Waals surface area contributed by atoms with E-state index in [0.29, 0.717) is 13.2 Å². The molecule has 0 amide bonds. The second kappa shape index (κ2) is 7.21. The summed E-state index contributed by atoms with van der Waals surface area (Å²) in [4.78, 5) is 0. The van der Waals surface area contributed by atoms with Gasteiger partial charge >= 0.3 is 0 Å². The van der Waals surface area contributed by atoms with Gasteiger partial charge in [0.25, 0.3) is 5.97 Å².